The monoisotopic (exact) mass is 393 g/mol. The third kappa shape index (κ3) is 4.18. The zero-order chi connectivity index (χ0) is 20.1. The molecule has 0 amide bonds. The maximum absolute atomic E-state index is 11.9. The van der Waals surface area contributed by atoms with Gasteiger partial charge in [0.2, 0.25) is 0 Å². The van der Waals surface area contributed by atoms with Crippen LogP contribution in [0.4, 0.5) is 0 Å². The van der Waals surface area contributed by atoms with E-state index in [1.807, 2.05) is 30.3 Å². The van der Waals surface area contributed by atoms with Gasteiger partial charge in [0.1, 0.15) is 0 Å². The number of rotatable bonds is 6. The third-order valence-corrected chi connectivity index (χ3v) is 4.89. The second-order valence-electron chi connectivity index (χ2n) is 6.68. The number of tetrazole rings is 1. The summed E-state index contributed by atoms with van der Waals surface area (Å²) in [4.78, 5) is 14.2. The van der Waals surface area contributed by atoms with Gasteiger partial charge in [0.15, 0.2) is 5.82 Å². The zero-order valence-electron chi connectivity index (χ0n) is 16.3. The molecule has 29 heavy (non-hydrogen) atoms. The number of carbonyl (C=O) groups is 1. The van der Waals surface area contributed by atoms with Crippen LogP contribution in [0.2, 0.25) is 0 Å². The summed E-state index contributed by atoms with van der Waals surface area (Å²) in [5.74, 6) is 0.383. The first kappa shape index (κ1) is 19.2. The first-order chi connectivity index (χ1) is 14.3. The molecular formula is C21H23N5O3. The number of ether oxygens (including phenoxy) is 2. The molecule has 1 aliphatic heterocycles. The van der Waals surface area contributed by atoms with Crippen LogP contribution in [0.1, 0.15) is 34.7 Å². The Morgan fingerprint density at radius 3 is 2.52 bits per heavy atom. The van der Waals surface area contributed by atoms with Gasteiger partial charge < -0.3 is 9.47 Å². The molecule has 0 saturated carbocycles. The van der Waals surface area contributed by atoms with Gasteiger partial charge in [-0.3, -0.25) is 4.90 Å². The highest BCUT2D eigenvalue weighted by Gasteiger charge is 2.29. The molecule has 150 valence electrons. The zero-order valence-corrected chi connectivity index (χ0v) is 16.3. The van der Waals surface area contributed by atoms with Gasteiger partial charge in [-0.2, -0.15) is 4.68 Å². The van der Waals surface area contributed by atoms with Gasteiger partial charge >= 0.3 is 5.97 Å². The van der Waals surface area contributed by atoms with E-state index in [2.05, 4.69) is 32.6 Å². The Bertz CT molecular complexity index is 936. The van der Waals surface area contributed by atoms with Crippen molar-refractivity contribution in [2.45, 2.75) is 13.0 Å². The van der Waals surface area contributed by atoms with Crippen molar-refractivity contribution in [1.29, 1.82) is 0 Å². The lowest BCUT2D eigenvalue weighted by molar-refractivity contribution is 0.0220. The number of morpholine rings is 1. The van der Waals surface area contributed by atoms with Gasteiger partial charge in [0.05, 0.1) is 37.1 Å². The molecule has 0 aliphatic carbocycles. The van der Waals surface area contributed by atoms with E-state index >= 15 is 0 Å². The minimum absolute atomic E-state index is 0.0974. The Balaban J connectivity index is 1.69. The van der Waals surface area contributed by atoms with Gasteiger partial charge in [-0.1, -0.05) is 30.3 Å². The van der Waals surface area contributed by atoms with Gasteiger partial charge in [-0.15, -0.1) is 5.10 Å². The fourth-order valence-electron chi connectivity index (χ4n) is 3.50. The highest BCUT2D eigenvalue weighted by atomic mass is 16.5. The summed E-state index contributed by atoms with van der Waals surface area (Å²) in [6, 6.07) is 17.2. The molecule has 8 nitrogen and oxygen atoms in total. The molecule has 2 heterocycles. The van der Waals surface area contributed by atoms with Crippen molar-refractivity contribution >= 4 is 5.97 Å². The smallest absolute Gasteiger partial charge is 0.338 e. The minimum Gasteiger partial charge on any atom is -0.462 e. The Morgan fingerprint density at radius 1 is 1.10 bits per heavy atom. The van der Waals surface area contributed by atoms with Gasteiger partial charge in [-0.05, 0) is 47.2 Å². The average molecular weight is 393 g/mol. The highest BCUT2D eigenvalue weighted by molar-refractivity contribution is 5.89. The number of hydrogen-bond donors (Lipinski definition) is 0. The van der Waals surface area contributed by atoms with Crippen LogP contribution in [0.15, 0.2) is 54.6 Å². The molecule has 1 unspecified atom stereocenters. The lowest BCUT2D eigenvalue weighted by Gasteiger charge is -2.33. The lowest BCUT2D eigenvalue weighted by Crippen LogP contribution is -2.40. The van der Waals surface area contributed by atoms with E-state index in [-0.39, 0.29) is 12.0 Å². The predicted octanol–water partition coefficient (Wildman–Crippen LogP) is 2.26. The van der Waals surface area contributed by atoms with Crippen molar-refractivity contribution in [2.75, 3.05) is 32.9 Å². The second-order valence-corrected chi connectivity index (χ2v) is 6.68. The van der Waals surface area contributed by atoms with Crippen LogP contribution in [-0.2, 0) is 9.47 Å². The molecule has 1 fully saturated rings. The predicted molar refractivity (Wildman–Crippen MR) is 106 cm³/mol. The van der Waals surface area contributed by atoms with Crippen LogP contribution >= 0.6 is 0 Å². The van der Waals surface area contributed by atoms with E-state index in [4.69, 9.17) is 9.47 Å². The summed E-state index contributed by atoms with van der Waals surface area (Å²) < 4.78 is 12.3. The van der Waals surface area contributed by atoms with Crippen LogP contribution in [0, 0.1) is 0 Å². The van der Waals surface area contributed by atoms with Crippen LogP contribution in [0.3, 0.4) is 0 Å². The molecule has 0 N–H and O–H groups in total. The minimum atomic E-state index is -0.341. The number of carbonyl (C=O) groups excluding carboxylic acids is 1. The summed E-state index contributed by atoms with van der Waals surface area (Å²) in [6.45, 7) is 5.09. The fraction of sp³-hybridized carbons (Fsp3) is 0.333. The Labute approximate surface area is 169 Å². The quantitative estimate of drug-likeness (QED) is 0.594. The summed E-state index contributed by atoms with van der Waals surface area (Å²) in [6.07, 6.45) is 0. The van der Waals surface area contributed by atoms with E-state index in [1.165, 1.54) is 0 Å². The largest absolute Gasteiger partial charge is 0.462 e. The van der Waals surface area contributed by atoms with Crippen molar-refractivity contribution in [2.24, 2.45) is 0 Å². The van der Waals surface area contributed by atoms with Crippen LogP contribution in [0.5, 0.6) is 0 Å². The molecule has 1 atom stereocenters. The third-order valence-electron chi connectivity index (χ3n) is 4.89. The summed E-state index contributed by atoms with van der Waals surface area (Å²) in [5.41, 5.74) is 2.40. The fourth-order valence-corrected chi connectivity index (χ4v) is 3.50. The van der Waals surface area contributed by atoms with E-state index < -0.39 is 0 Å². The van der Waals surface area contributed by atoms with Gasteiger partial charge in [0, 0.05) is 13.1 Å². The first-order valence-corrected chi connectivity index (χ1v) is 9.70. The topological polar surface area (TPSA) is 82.4 Å². The van der Waals surface area contributed by atoms with Crippen molar-refractivity contribution in [3.05, 3.63) is 71.5 Å². The molecule has 0 spiro atoms. The number of aromatic nitrogens is 4. The first-order valence-electron chi connectivity index (χ1n) is 9.70. The Kier molecular flexibility index (Phi) is 5.92. The van der Waals surface area contributed by atoms with E-state index in [1.54, 1.807) is 23.7 Å². The molecule has 8 heteroatoms. The molecule has 3 aromatic rings. The lowest BCUT2D eigenvalue weighted by atomic mass is 10.0. The maximum atomic E-state index is 11.9. The average Bonchev–Trinajstić information content (AvgIpc) is 3.25. The van der Waals surface area contributed by atoms with Crippen molar-refractivity contribution < 1.29 is 14.3 Å². The van der Waals surface area contributed by atoms with Crippen LogP contribution < -0.4 is 0 Å². The number of nitrogens with zero attached hydrogens (tertiary/aromatic N) is 5. The van der Waals surface area contributed by atoms with E-state index in [9.17, 15) is 4.79 Å². The highest BCUT2D eigenvalue weighted by Crippen LogP contribution is 2.29. The second kappa shape index (κ2) is 8.93. The molecule has 4 rings (SSSR count). The standard InChI is InChI=1S/C21H23N5O3/c1-2-29-21(27)17-8-10-18(11-9-17)26-20(22-23-24-26)19(16-6-4-3-5-7-16)25-12-14-28-15-13-25/h3-11,19H,2,12-15H2,1H3. The molecule has 1 aromatic heterocycles. The Hall–Kier alpha value is -3.10. The normalized spacial score (nSPS) is 15.8. The molecule has 2 aromatic carbocycles. The molecular weight excluding hydrogens is 370 g/mol. The van der Waals surface area contributed by atoms with E-state index in [0.717, 1.165) is 30.2 Å². The Morgan fingerprint density at radius 2 is 1.83 bits per heavy atom. The molecule has 1 aliphatic rings. The van der Waals surface area contributed by atoms with Crippen LogP contribution in [0.25, 0.3) is 5.69 Å². The maximum Gasteiger partial charge on any atom is 0.338 e. The summed E-state index contributed by atoms with van der Waals surface area (Å²) in [7, 11) is 0. The number of esters is 1. The molecule has 0 bridgehead atoms. The number of hydrogen-bond acceptors (Lipinski definition) is 7. The van der Waals surface area contributed by atoms with E-state index in [0.29, 0.717) is 25.4 Å². The van der Waals surface area contributed by atoms with Crippen molar-refractivity contribution in [3.63, 3.8) is 0 Å². The van der Waals surface area contributed by atoms with Gasteiger partial charge in [-0.25, -0.2) is 4.79 Å². The SMILES string of the molecule is CCOC(=O)c1ccc(-n2nnnc2C(c2ccccc2)N2CCOCC2)cc1. The summed E-state index contributed by atoms with van der Waals surface area (Å²) >= 11 is 0. The molecule has 1 saturated heterocycles. The van der Waals surface area contributed by atoms with Gasteiger partial charge in [0.25, 0.3) is 0 Å². The molecule has 0 radical (unpaired) electrons. The summed E-state index contributed by atoms with van der Waals surface area (Å²) in [5, 5.41) is 12.5. The van der Waals surface area contributed by atoms with Crippen LogP contribution in [-0.4, -0.2) is 64.0 Å². The number of benzene rings is 2. The van der Waals surface area contributed by atoms with Crippen molar-refractivity contribution in [3.8, 4) is 5.69 Å². The van der Waals surface area contributed by atoms with Crippen molar-refractivity contribution in [1.82, 2.24) is 25.1 Å².